The van der Waals surface area contributed by atoms with Gasteiger partial charge >= 0.3 is 0 Å². The standard InChI is InChI=1S/C22H23N3O5S/c1-3-29-21-13-17(10-11-20(21)30-15-16-7-6-12-23-14-16)22(26)24-18-8-4-5-9-19(18)25-31(2,27)28/h4-14,25H,3,15H2,1-2H3,(H,24,26). The number of ether oxygens (including phenoxy) is 2. The molecule has 0 radical (unpaired) electrons. The van der Waals surface area contributed by atoms with E-state index in [1.807, 2.05) is 19.1 Å². The second kappa shape index (κ2) is 9.94. The SMILES string of the molecule is CCOc1cc(C(=O)Nc2ccccc2NS(C)(=O)=O)ccc1OCc1cccnc1. The average molecular weight is 442 g/mol. The number of carbonyl (C=O) groups excluding carboxylic acids is 1. The molecule has 0 aliphatic heterocycles. The number of hydrogen-bond donors (Lipinski definition) is 2. The Labute approximate surface area is 181 Å². The molecule has 9 heteroatoms. The number of anilines is 2. The molecule has 0 aliphatic rings. The lowest BCUT2D eigenvalue weighted by atomic mass is 10.1. The van der Waals surface area contributed by atoms with E-state index in [9.17, 15) is 13.2 Å². The maximum atomic E-state index is 12.8. The number of aromatic nitrogens is 1. The smallest absolute Gasteiger partial charge is 0.255 e. The van der Waals surface area contributed by atoms with Crippen LogP contribution in [-0.2, 0) is 16.6 Å². The molecule has 2 aromatic carbocycles. The van der Waals surface area contributed by atoms with Crippen molar-refractivity contribution in [1.29, 1.82) is 0 Å². The van der Waals surface area contributed by atoms with Gasteiger partial charge in [-0.1, -0.05) is 18.2 Å². The van der Waals surface area contributed by atoms with Gasteiger partial charge in [-0.3, -0.25) is 14.5 Å². The molecule has 3 aromatic rings. The lowest BCUT2D eigenvalue weighted by Crippen LogP contribution is -2.16. The molecule has 31 heavy (non-hydrogen) atoms. The van der Waals surface area contributed by atoms with Crippen LogP contribution in [0.4, 0.5) is 11.4 Å². The highest BCUT2D eigenvalue weighted by atomic mass is 32.2. The number of hydrogen-bond acceptors (Lipinski definition) is 6. The van der Waals surface area contributed by atoms with Gasteiger partial charge in [0.05, 0.1) is 24.2 Å². The zero-order valence-electron chi connectivity index (χ0n) is 17.2. The third-order valence-corrected chi connectivity index (χ3v) is 4.68. The number of sulfonamides is 1. The van der Waals surface area contributed by atoms with E-state index in [0.29, 0.717) is 36.0 Å². The Morgan fingerprint density at radius 1 is 1.00 bits per heavy atom. The van der Waals surface area contributed by atoms with Gasteiger partial charge in [0.2, 0.25) is 10.0 Å². The predicted molar refractivity (Wildman–Crippen MR) is 119 cm³/mol. The largest absolute Gasteiger partial charge is 0.490 e. The Bertz CT molecular complexity index is 1150. The van der Waals surface area contributed by atoms with Crippen LogP contribution in [0.25, 0.3) is 0 Å². The van der Waals surface area contributed by atoms with Crippen LogP contribution in [0.2, 0.25) is 0 Å². The van der Waals surface area contributed by atoms with Crippen molar-refractivity contribution in [3.8, 4) is 11.5 Å². The van der Waals surface area contributed by atoms with Crippen molar-refractivity contribution in [1.82, 2.24) is 4.98 Å². The van der Waals surface area contributed by atoms with Crippen LogP contribution in [0.15, 0.2) is 67.0 Å². The maximum Gasteiger partial charge on any atom is 0.255 e. The normalized spacial score (nSPS) is 10.9. The molecule has 8 nitrogen and oxygen atoms in total. The second-order valence-electron chi connectivity index (χ2n) is 6.62. The Morgan fingerprint density at radius 3 is 2.45 bits per heavy atom. The van der Waals surface area contributed by atoms with Crippen molar-refractivity contribution in [3.05, 3.63) is 78.1 Å². The summed E-state index contributed by atoms with van der Waals surface area (Å²) in [6.07, 6.45) is 4.44. The summed E-state index contributed by atoms with van der Waals surface area (Å²) in [5.41, 5.74) is 1.86. The molecule has 0 saturated heterocycles. The first kappa shape index (κ1) is 22.1. The molecule has 0 atom stereocenters. The molecule has 162 valence electrons. The summed E-state index contributed by atoms with van der Waals surface area (Å²) < 4.78 is 37.0. The van der Waals surface area contributed by atoms with Crippen molar-refractivity contribution in [2.45, 2.75) is 13.5 Å². The van der Waals surface area contributed by atoms with E-state index in [1.165, 1.54) is 0 Å². The van der Waals surface area contributed by atoms with Crippen molar-refractivity contribution in [2.24, 2.45) is 0 Å². The van der Waals surface area contributed by atoms with Crippen LogP contribution >= 0.6 is 0 Å². The van der Waals surface area contributed by atoms with E-state index in [-0.39, 0.29) is 5.69 Å². The predicted octanol–water partition coefficient (Wildman–Crippen LogP) is 3.68. The molecular weight excluding hydrogens is 418 g/mol. The highest BCUT2D eigenvalue weighted by Gasteiger charge is 2.15. The van der Waals surface area contributed by atoms with Gasteiger partial charge in [0, 0.05) is 23.5 Å². The molecule has 0 unspecified atom stereocenters. The third kappa shape index (κ3) is 6.45. The molecule has 0 spiro atoms. The van der Waals surface area contributed by atoms with Crippen molar-refractivity contribution in [2.75, 3.05) is 22.9 Å². The fourth-order valence-corrected chi connectivity index (χ4v) is 3.33. The number of carbonyl (C=O) groups is 1. The first-order chi connectivity index (χ1) is 14.9. The van der Waals surface area contributed by atoms with Gasteiger partial charge in [0.25, 0.3) is 5.91 Å². The number of amides is 1. The van der Waals surface area contributed by atoms with Gasteiger partial charge in [-0.15, -0.1) is 0 Å². The monoisotopic (exact) mass is 441 g/mol. The molecule has 0 aliphatic carbocycles. The minimum Gasteiger partial charge on any atom is -0.490 e. The number of pyridine rings is 1. The minimum atomic E-state index is -3.49. The van der Waals surface area contributed by atoms with Crippen molar-refractivity contribution < 1.29 is 22.7 Å². The first-order valence-corrected chi connectivity index (χ1v) is 11.4. The zero-order chi connectivity index (χ0) is 22.3. The summed E-state index contributed by atoms with van der Waals surface area (Å²) in [4.78, 5) is 16.8. The highest BCUT2D eigenvalue weighted by Crippen LogP contribution is 2.30. The zero-order valence-corrected chi connectivity index (χ0v) is 18.0. The topological polar surface area (TPSA) is 107 Å². The van der Waals surface area contributed by atoms with E-state index in [2.05, 4.69) is 15.0 Å². The number of para-hydroxylation sites is 2. The van der Waals surface area contributed by atoms with Gasteiger partial charge in [0.1, 0.15) is 6.61 Å². The maximum absolute atomic E-state index is 12.8. The van der Waals surface area contributed by atoms with Crippen LogP contribution < -0.4 is 19.5 Å². The third-order valence-electron chi connectivity index (χ3n) is 4.09. The van der Waals surface area contributed by atoms with E-state index in [0.717, 1.165) is 11.8 Å². The Balaban J connectivity index is 1.78. The van der Waals surface area contributed by atoms with Crippen LogP contribution in [0, 0.1) is 0 Å². The Kier molecular flexibility index (Phi) is 7.09. The van der Waals surface area contributed by atoms with Crippen LogP contribution in [-0.4, -0.2) is 32.2 Å². The van der Waals surface area contributed by atoms with E-state index >= 15 is 0 Å². The highest BCUT2D eigenvalue weighted by molar-refractivity contribution is 7.92. The quantitative estimate of drug-likeness (QED) is 0.525. The lowest BCUT2D eigenvalue weighted by Gasteiger charge is -2.15. The number of rotatable bonds is 9. The van der Waals surface area contributed by atoms with Crippen molar-refractivity contribution in [3.63, 3.8) is 0 Å². The fraction of sp³-hybridized carbons (Fsp3) is 0.182. The minimum absolute atomic E-state index is 0.278. The van der Waals surface area contributed by atoms with Crippen LogP contribution in [0.5, 0.6) is 11.5 Å². The number of nitrogens with zero attached hydrogens (tertiary/aromatic N) is 1. The Morgan fingerprint density at radius 2 is 1.77 bits per heavy atom. The van der Waals surface area contributed by atoms with Gasteiger partial charge in [0.15, 0.2) is 11.5 Å². The molecule has 3 rings (SSSR count). The molecule has 1 amide bonds. The molecule has 0 saturated carbocycles. The Hall–Kier alpha value is -3.59. The summed E-state index contributed by atoms with van der Waals surface area (Å²) in [6.45, 7) is 2.55. The van der Waals surface area contributed by atoms with E-state index in [1.54, 1.807) is 54.9 Å². The molecule has 1 heterocycles. The molecule has 0 bridgehead atoms. The van der Waals surface area contributed by atoms with Crippen LogP contribution in [0.3, 0.4) is 0 Å². The van der Waals surface area contributed by atoms with Crippen LogP contribution in [0.1, 0.15) is 22.8 Å². The summed E-state index contributed by atoms with van der Waals surface area (Å²) >= 11 is 0. The fourth-order valence-electron chi connectivity index (χ4n) is 2.76. The van der Waals surface area contributed by atoms with Crippen molar-refractivity contribution >= 4 is 27.3 Å². The molecule has 2 N–H and O–H groups in total. The molecule has 0 fully saturated rings. The van der Waals surface area contributed by atoms with Gasteiger partial charge in [-0.2, -0.15) is 0 Å². The number of nitrogens with one attached hydrogen (secondary N) is 2. The summed E-state index contributed by atoms with van der Waals surface area (Å²) in [5, 5.41) is 2.73. The summed E-state index contributed by atoms with van der Waals surface area (Å²) in [6, 6.07) is 15.1. The summed E-state index contributed by atoms with van der Waals surface area (Å²) in [5.74, 6) is 0.519. The van der Waals surface area contributed by atoms with E-state index in [4.69, 9.17) is 9.47 Å². The van der Waals surface area contributed by atoms with Gasteiger partial charge < -0.3 is 14.8 Å². The first-order valence-electron chi connectivity index (χ1n) is 9.52. The average Bonchev–Trinajstić information content (AvgIpc) is 2.74. The van der Waals surface area contributed by atoms with Gasteiger partial charge in [-0.25, -0.2) is 8.42 Å². The second-order valence-corrected chi connectivity index (χ2v) is 8.37. The lowest BCUT2D eigenvalue weighted by molar-refractivity contribution is 0.102. The summed E-state index contributed by atoms with van der Waals surface area (Å²) in [7, 11) is -3.49. The molecule has 1 aromatic heterocycles. The van der Waals surface area contributed by atoms with E-state index < -0.39 is 15.9 Å². The van der Waals surface area contributed by atoms with Gasteiger partial charge in [-0.05, 0) is 43.3 Å². The molecular formula is C22H23N3O5S. The number of benzene rings is 2.